The van der Waals surface area contributed by atoms with Crippen molar-refractivity contribution in [1.29, 1.82) is 0 Å². The van der Waals surface area contributed by atoms with Gasteiger partial charge in [0.1, 0.15) is 4.87 Å². The Morgan fingerprint density at radius 1 is 1.89 bits per heavy atom. The van der Waals surface area contributed by atoms with Crippen LogP contribution in [-0.4, -0.2) is 16.0 Å². The van der Waals surface area contributed by atoms with Gasteiger partial charge in [-0.15, -0.1) is 23.2 Å². The summed E-state index contributed by atoms with van der Waals surface area (Å²) < 4.78 is 0. The van der Waals surface area contributed by atoms with Crippen LogP contribution in [0.5, 0.6) is 0 Å². The van der Waals surface area contributed by atoms with Gasteiger partial charge in [-0.1, -0.05) is 6.92 Å². The molecule has 1 saturated carbocycles. The largest absolute Gasteiger partial charge is 0.298 e. The number of hydrogen-bond donors (Lipinski definition) is 0. The number of rotatable bonds is 2. The molecule has 0 N–H and O–H groups in total. The lowest BCUT2D eigenvalue weighted by Gasteiger charge is -2.00. The fourth-order valence-corrected chi connectivity index (χ4v) is 1.52. The van der Waals surface area contributed by atoms with E-state index in [-0.39, 0.29) is 11.2 Å². The molecule has 52 valence electrons. The third-order valence-electron chi connectivity index (χ3n) is 1.60. The maximum absolute atomic E-state index is 10.9. The van der Waals surface area contributed by atoms with E-state index in [4.69, 9.17) is 23.2 Å². The molecule has 1 nitrogen and oxygen atoms in total. The van der Waals surface area contributed by atoms with E-state index >= 15 is 0 Å². The molecular formula is C6H8Cl2O. The molecule has 0 aliphatic heterocycles. The fraction of sp³-hybridized carbons (Fsp3) is 0.833. The van der Waals surface area contributed by atoms with Crippen LogP contribution in [0.3, 0.4) is 0 Å². The SMILES string of the molecule is CCC(=O)C1(Cl)CC1Cl. The molecule has 0 bridgehead atoms. The standard InChI is InChI=1S/C6H8Cl2O/c1-2-5(9)6(8)3-4(6)7/h4H,2-3H2,1H3. The number of alkyl halides is 2. The zero-order valence-corrected chi connectivity index (χ0v) is 6.67. The van der Waals surface area contributed by atoms with Gasteiger partial charge in [0.05, 0.1) is 5.38 Å². The molecule has 9 heavy (non-hydrogen) atoms. The van der Waals surface area contributed by atoms with Gasteiger partial charge in [-0.25, -0.2) is 0 Å². The lowest BCUT2D eigenvalue weighted by molar-refractivity contribution is -0.119. The number of hydrogen-bond acceptors (Lipinski definition) is 1. The summed E-state index contributed by atoms with van der Waals surface area (Å²) in [5, 5.41) is -0.119. The maximum atomic E-state index is 10.9. The van der Waals surface area contributed by atoms with Crippen molar-refractivity contribution < 1.29 is 4.79 Å². The van der Waals surface area contributed by atoms with Crippen molar-refractivity contribution in [3.8, 4) is 0 Å². The highest BCUT2D eigenvalue weighted by atomic mass is 35.5. The maximum Gasteiger partial charge on any atom is 0.155 e. The first-order valence-corrected chi connectivity index (χ1v) is 3.79. The molecule has 0 spiro atoms. The smallest absolute Gasteiger partial charge is 0.155 e. The summed E-state index contributed by atoms with van der Waals surface area (Å²) in [4.78, 5) is 10.2. The third kappa shape index (κ3) is 1.08. The van der Waals surface area contributed by atoms with Gasteiger partial charge >= 0.3 is 0 Å². The highest BCUT2D eigenvalue weighted by Crippen LogP contribution is 2.48. The summed E-state index contributed by atoms with van der Waals surface area (Å²) in [6.07, 6.45) is 1.13. The van der Waals surface area contributed by atoms with Crippen molar-refractivity contribution >= 4 is 29.0 Å². The zero-order chi connectivity index (χ0) is 7.07. The Labute approximate surface area is 64.3 Å². The Morgan fingerprint density at radius 3 is 2.44 bits per heavy atom. The van der Waals surface area contributed by atoms with E-state index in [1.165, 1.54) is 0 Å². The average molecular weight is 167 g/mol. The first-order valence-electron chi connectivity index (χ1n) is 2.97. The Bertz CT molecular complexity index is 146. The summed E-state index contributed by atoms with van der Waals surface area (Å²) in [5.41, 5.74) is 0. The normalized spacial score (nSPS) is 40.6. The van der Waals surface area contributed by atoms with Gasteiger partial charge < -0.3 is 0 Å². The van der Waals surface area contributed by atoms with E-state index in [9.17, 15) is 4.79 Å². The van der Waals surface area contributed by atoms with Gasteiger partial charge in [-0.05, 0) is 6.42 Å². The van der Waals surface area contributed by atoms with Crippen LogP contribution >= 0.6 is 23.2 Å². The summed E-state index contributed by atoms with van der Waals surface area (Å²) in [5.74, 6) is 0.0733. The van der Waals surface area contributed by atoms with Crippen LogP contribution in [0, 0.1) is 0 Å². The Balaban J connectivity index is 2.53. The molecule has 0 aromatic carbocycles. The molecule has 0 radical (unpaired) electrons. The first kappa shape index (κ1) is 7.36. The topological polar surface area (TPSA) is 17.1 Å². The van der Waals surface area contributed by atoms with Crippen molar-refractivity contribution in [2.75, 3.05) is 0 Å². The summed E-state index contributed by atoms with van der Waals surface area (Å²) >= 11 is 11.4. The van der Waals surface area contributed by atoms with E-state index < -0.39 is 4.87 Å². The molecular weight excluding hydrogens is 159 g/mol. The molecule has 2 atom stereocenters. The highest BCUT2D eigenvalue weighted by molar-refractivity contribution is 6.45. The molecule has 0 aromatic rings. The van der Waals surface area contributed by atoms with Crippen molar-refractivity contribution in [3.05, 3.63) is 0 Å². The molecule has 0 saturated heterocycles. The minimum atomic E-state index is -0.684. The minimum Gasteiger partial charge on any atom is -0.298 e. The van der Waals surface area contributed by atoms with Crippen LogP contribution in [0.1, 0.15) is 19.8 Å². The molecule has 3 heteroatoms. The van der Waals surface area contributed by atoms with Gasteiger partial charge in [0.15, 0.2) is 5.78 Å². The second kappa shape index (κ2) is 2.14. The average Bonchev–Trinajstić information content (AvgIpc) is 2.41. The molecule has 1 fully saturated rings. The predicted molar refractivity (Wildman–Crippen MR) is 38.1 cm³/mol. The van der Waals surface area contributed by atoms with Crippen LogP contribution in [0.4, 0.5) is 0 Å². The van der Waals surface area contributed by atoms with Crippen molar-refractivity contribution in [1.82, 2.24) is 0 Å². The summed E-state index contributed by atoms with van der Waals surface area (Å²) in [7, 11) is 0. The second-order valence-electron chi connectivity index (χ2n) is 2.31. The summed E-state index contributed by atoms with van der Waals surface area (Å²) in [6.45, 7) is 1.80. The molecule has 0 heterocycles. The van der Waals surface area contributed by atoms with Crippen LogP contribution in [0.2, 0.25) is 0 Å². The Kier molecular flexibility index (Phi) is 1.75. The summed E-state index contributed by atoms with van der Waals surface area (Å²) in [6, 6.07) is 0. The number of ketones is 1. The van der Waals surface area contributed by atoms with E-state index in [1.807, 2.05) is 0 Å². The van der Waals surface area contributed by atoms with E-state index in [1.54, 1.807) is 6.92 Å². The molecule has 1 rings (SSSR count). The number of Topliss-reactive ketones (excluding diaryl/α,β-unsaturated/α-hetero) is 1. The lowest BCUT2D eigenvalue weighted by atomic mass is 10.2. The van der Waals surface area contributed by atoms with Gasteiger partial charge in [0.2, 0.25) is 0 Å². The third-order valence-corrected chi connectivity index (χ3v) is 2.86. The number of carbonyl (C=O) groups excluding carboxylic acids is 1. The van der Waals surface area contributed by atoms with E-state index in [2.05, 4.69) is 0 Å². The van der Waals surface area contributed by atoms with Crippen molar-refractivity contribution in [3.63, 3.8) is 0 Å². The monoisotopic (exact) mass is 166 g/mol. The van der Waals surface area contributed by atoms with Crippen LogP contribution in [0.25, 0.3) is 0 Å². The highest BCUT2D eigenvalue weighted by Gasteiger charge is 2.56. The van der Waals surface area contributed by atoms with Gasteiger partial charge in [-0.2, -0.15) is 0 Å². The molecule has 1 aliphatic rings. The fourth-order valence-electron chi connectivity index (χ4n) is 0.784. The predicted octanol–water partition coefficient (Wildman–Crippen LogP) is 1.95. The van der Waals surface area contributed by atoms with Crippen LogP contribution in [0.15, 0.2) is 0 Å². The van der Waals surface area contributed by atoms with Gasteiger partial charge in [0.25, 0.3) is 0 Å². The Hall–Kier alpha value is 0.250. The molecule has 1 aliphatic carbocycles. The molecule has 2 unspecified atom stereocenters. The quantitative estimate of drug-likeness (QED) is 0.574. The Morgan fingerprint density at radius 2 is 2.33 bits per heavy atom. The first-order chi connectivity index (χ1) is 4.11. The molecule has 0 aromatic heterocycles. The number of halogens is 2. The van der Waals surface area contributed by atoms with Crippen molar-refractivity contribution in [2.45, 2.75) is 30.0 Å². The molecule has 0 amide bonds. The lowest BCUT2D eigenvalue weighted by Crippen LogP contribution is -2.16. The van der Waals surface area contributed by atoms with Crippen LogP contribution < -0.4 is 0 Å². The van der Waals surface area contributed by atoms with Gasteiger partial charge in [0, 0.05) is 6.42 Å². The van der Waals surface area contributed by atoms with Gasteiger partial charge in [-0.3, -0.25) is 4.79 Å². The number of carbonyl (C=O) groups is 1. The van der Waals surface area contributed by atoms with Crippen LogP contribution in [-0.2, 0) is 4.79 Å². The minimum absolute atomic E-state index is 0.0733. The van der Waals surface area contributed by atoms with E-state index in [0.717, 1.165) is 0 Å². The van der Waals surface area contributed by atoms with E-state index in [0.29, 0.717) is 12.8 Å². The van der Waals surface area contributed by atoms with Crippen molar-refractivity contribution in [2.24, 2.45) is 0 Å². The second-order valence-corrected chi connectivity index (χ2v) is 3.51. The zero-order valence-electron chi connectivity index (χ0n) is 5.16.